The Hall–Kier alpha value is -1.19. The van der Waals surface area contributed by atoms with Crippen molar-refractivity contribution in [3.05, 3.63) is 45.1 Å². The number of nitrogen functional groups attached to an aromatic ring is 1. The van der Waals surface area contributed by atoms with Crippen molar-refractivity contribution in [2.24, 2.45) is 0 Å². The van der Waals surface area contributed by atoms with Crippen molar-refractivity contribution in [1.29, 1.82) is 0 Å². The molecule has 0 saturated heterocycles. The van der Waals surface area contributed by atoms with Gasteiger partial charge in [0, 0.05) is 16.6 Å². The van der Waals surface area contributed by atoms with Crippen LogP contribution < -0.4 is 10.6 Å². The molecule has 4 heteroatoms. The number of hydrogen-bond donors (Lipinski definition) is 1. The van der Waals surface area contributed by atoms with E-state index in [0.29, 0.717) is 16.8 Å². The van der Waals surface area contributed by atoms with Gasteiger partial charge in [-0.1, -0.05) is 17.7 Å². The Morgan fingerprint density at radius 1 is 1.37 bits per heavy atom. The third-order valence-corrected chi connectivity index (χ3v) is 4.34. The van der Waals surface area contributed by atoms with Crippen LogP contribution in [0.5, 0.6) is 0 Å². The summed E-state index contributed by atoms with van der Waals surface area (Å²) >= 11 is 7.94. The molecule has 1 aromatic heterocycles. The maximum atomic E-state index is 6.17. The topological polar surface area (TPSA) is 29.3 Å². The van der Waals surface area contributed by atoms with Crippen molar-refractivity contribution in [3.63, 3.8) is 0 Å². The quantitative estimate of drug-likeness (QED) is 0.828. The number of nitrogens with zero attached hydrogens (tertiary/aromatic N) is 1. The fraction of sp³-hybridized carbons (Fsp3) is 0.333. The van der Waals surface area contributed by atoms with Crippen LogP contribution in [0.25, 0.3) is 0 Å². The fourth-order valence-electron chi connectivity index (χ4n) is 2.12. The fourth-order valence-corrected chi connectivity index (χ4v) is 2.98. The lowest BCUT2D eigenvalue weighted by atomic mass is 10.1. The Balaban J connectivity index is 2.36. The van der Waals surface area contributed by atoms with E-state index in [1.807, 2.05) is 12.1 Å². The Labute approximate surface area is 123 Å². The molecular formula is C15H19ClN2S. The van der Waals surface area contributed by atoms with Crippen LogP contribution >= 0.6 is 22.9 Å². The minimum atomic E-state index is 0.403. The van der Waals surface area contributed by atoms with Crippen molar-refractivity contribution in [2.45, 2.75) is 33.4 Å². The number of hydrogen-bond acceptors (Lipinski definition) is 3. The van der Waals surface area contributed by atoms with E-state index < -0.39 is 0 Å². The largest absolute Gasteiger partial charge is 0.398 e. The molecule has 0 fully saturated rings. The summed E-state index contributed by atoms with van der Waals surface area (Å²) in [6.45, 7) is 7.36. The van der Waals surface area contributed by atoms with E-state index in [1.54, 1.807) is 11.3 Å². The van der Waals surface area contributed by atoms with Crippen molar-refractivity contribution >= 4 is 34.3 Å². The molecule has 2 N–H and O–H groups in total. The van der Waals surface area contributed by atoms with Gasteiger partial charge in [0.1, 0.15) is 0 Å². The number of nitrogens with two attached hydrogens (primary N) is 1. The molecule has 1 aromatic carbocycles. The summed E-state index contributed by atoms with van der Waals surface area (Å²) in [5, 5.41) is 2.73. The van der Waals surface area contributed by atoms with Gasteiger partial charge in [-0.2, -0.15) is 0 Å². The summed E-state index contributed by atoms with van der Waals surface area (Å²) < 4.78 is 0. The van der Waals surface area contributed by atoms with E-state index in [1.165, 1.54) is 4.88 Å². The number of anilines is 2. The van der Waals surface area contributed by atoms with Crippen LogP contribution in [-0.2, 0) is 6.54 Å². The van der Waals surface area contributed by atoms with Crippen molar-refractivity contribution < 1.29 is 0 Å². The molecule has 0 saturated carbocycles. The first-order chi connectivity index (χ1) is 8.99. The van der Waals surface area contributed by atoms with E-state index in [0.717, 1.165) is 17.8 Å². The van der Waals surface area contributed by atoms with Crippen LogP contribution in [0.1, 0.15) is 24.3 Å². The van der Waals surface area contributed by atoms with Crippen molar-refractivity contribution in [2.75, 3.05) is 10.6 Å². The second kappa shape index (κ2) is 5.85. The van der Waals surface area contributed by atoms with Gasteiger partial charge >= 0.3 is 0 Å². The van der Waals surface area contributed by atoms with Crippen molar-refractivity contribution in [3.8, 4) is 0 Å². The smallest absolute Gasteiger partial charge is 0.0656 e. The minimum Gasteiger partial charge on any atom is -0.398 e. The molecule has 2 aromatic rings. The number of thiophene rings is 1. The molecule has 0 aliphatic rings. The van der Waals surface area contributed by atoms with Crippen LogP contribution in [0.15, 0.2) is 29.6 Å². The highest BCUT2D eigenvalue weighted by atomic mass is 35.5. The van der Waals surface area contributed by atoms with Gasteiger partial charge in [0.05, 0.1) is 17.3 Å². The van der Waals surface area contributed by atoms with Crippen LogP contribution in [0.4, 0.5) is 11.4 Å². The summed E-state index contributed by atoms with van der Waals surface area (Å²) in [4.78, 5) is 3.70. The minimum absolute atomic E-state index is 0.403. The molecule has 19 heavy (non-hydrogen) atoms. The molecule has 0 bridgehead atoms. The molecule has 0 aliphatic heterocycles. The van der Waals surface area contributed by atoms with Gasteiger partial charge in [-0.3, -0.25) is 0 Å². The number of aryl methyl sites for hydroxylation is 1. The van der Waals surface area contributed by atoms with Crippen LogP contribution in [0.3, 0.4) is 0 Å². The Bertz CT molecular complexity index is 550. The molecule has 102 valence electrons. The van der Waals surface area contributed by atoms with E-state index in [-0.39, 0.29) is 0 Å². The molecule has 2 rings (SSSR count). The molecule has 0 radical (unpaired) electrons. The molecule has 0 unspecified atom stereocenters. The molecule has 0 atom stereocenters. The SMILES string of the molecule is Cc1cc(N)c(Cl)cc1N(Cc1cccs1)C(C)C. The molecular weight excluding hydrogens is 276 g/mol. The third-order valence-electron chi connectivity index (χ3n) is 3.15. The zero-order valence-corrected chi connectivity index (χ0v) is 13.1. The number of halogens is 1. The summed E-state index contributed by atoms with van der Waals surface area (Å²) in [5.74, 6) is 0. The summed E-state index contributed by atoms with van der Waals surface area (Å²) in [5.41, 5.74) is 8.81. The van der Waals surface area contributed by atoms with Gasteiger partial charge in [0.15, 0.2) is 0 Å². The van der Waals surface area contributed by atoms with Gasteiger partial charge in [0.2, 0.25) is 0 Å². The number of benzene rings is 1. The average molecular weight is 295 g/mol. The monoisotopic (exact) mass is 294 g/mol. The predicted octanol–water partition coefficient (Wildman–Crippen LogP) is 4.71. The Morgan fingerprint density at radius 2 is 2.11 bits per heavy atom. The summed E-state index contributed by atoms with van der Waals surface area (Å²) in [6, 6.07) is 8.57. The first kappa shape index (κ1) is 14.2. The van der Waals surface area contributed by atoms with Gasteiger partial charge in [-0.05, 0) is 49.9 Å². The van der Waals surface area contributed by atoms with Crippen LogP contribution in [0, 0.1) is 6.92 Å². The standard InChI is InChI=1S/C15H19ClN2S/c1-10(2)18(9-12-5-4-6-19-12)15-8-13(16)14(17)7-11(15)3/h4-8,10H,9,17H2,1-3H3. The zero-order valence-electron chi connectivity index (χ0n) is 11.5. The highest BCUT2D eigenvalue weighted by Crippen LogP contribution is 2.32. The highest BCUT2D eigenvalue weighted by Gasteiger charge is 2.15. The third kappa shape index (κ3) is 3.23. The lowest BCUT2D eigenvalue weighted by Gasteiger charge is -2.30. The van der Waals surface area contributed by atoms with Gasteiger partial charge in [-0.15, -0.1) is 11.3 Å². The maximum Gasteiger partial charge on any atom is 0.0656 e. The van der Waals surface area contributed by atoms with E-state index in [2.05, 4.69) is 43.2 Å². The Kier molecular flexibility index (Phi) is 4.38. The zero-order chi connectivity index (χ0) is 14.0. The lowest BCUT2D eigenvalue weighted by Crippen LogP contribution is -2.30. The van der Waals surface area contributed by atoms with Gasteiger partial charge in [-0.25, -0.2) is 0 Å². The van der Waals surface area contributed by atoms with E-state index in [9.17, 15) is 0 Å². The van der Waals surface area contributed by atoms with E-state index >= 15 is 0 Å². The number of rotatable bonds is 4. The molecule has 0 spiro atoms. The summed E-state index contributed by atoms with van der Waals surface area (Å²) in [7, 11) is 0. The normalized spacial score (nSPS) is 11.0. The summed E-state index contributed by atoms with van der Waals surface area (Å²) in [6.07, 6.45) is 0. The molecule has 0 aliphatic carbocycles. The predicted molar refractivity (Wildman–Crippen MR) is 86.2 cm³/mol. The Morgan fingerprint density at radius 3 is 2.68 bits per heavy atom. The maximum absolute atomic E-state index is 6.17. The molecule has 2 nitrogen and oxygen atoms in total. The molecule has 1 heterocycles. The van der Waals surface area contributed by atoms with Gasteiger partial charge in [0.25, 0.3) is 0 Å². The second-order valence-corrected chi connectivity index (χ2v) is 6.40. The highest BCUT2D eigenvalue weighted by molar-refractivity contribution is 7.09. The molecule has 0 amide bonds. The van der Waals surface area contributed by atoms with Gasteiger partial charge < -0.3 is 10.6 Å². The van der Waals surface area contributed by atoms with Crippen LogP contribution in [0.2, 0.25) is 5.02 Å². The lowest BCUT2D eigenvalue weighted by molar-refractivity contribution is 0.685. The second-order valence-electron chi connectivity index (χ2n) is 4.96. The average Bonchev–Trinajstić information content (AvgIpc) is 2.84. The first-order valence-corrected chi connectivity index (χ1v) is 7.59. The first-order valence-electron chi connectivity index (χ1n) is 6.33. The van der Waals surface area contributed by atoms with Crippen LogP contribution in [-0.4, -0.2) is 6.04 Å². The van der Waals surface area contributed by atoms with Crippen molar-refractivity contribution in [1.82, 2.24) is 0 Å². The van der Waals surface area contributed by atoms with E-state index in [4.69, 9.17) is 17.3 Å².